The van der Waals surface area contributed by atoms with Crippen LogP contribution in [0.4, 0.5) is 13.2 Å². The van der Waals surface area contributed by atoms with Gasteiger partial charge in [-0.15, -0.1) is 0 Å². The van der Waals surface area contributed by atoms with Crippen molar-refractivity contribution in [2.24, 2.45) is 5.92 Å². The van der Waals surface area contributed by atoms with Gasteiger partial charge in [-0.1, -0.05) is 18.2 Å². The summed E-state index contributed by atoms with van der Waals surface area (Å²) in [4.78, 5) is 0. The molecule has 34 heavy (non-hydrogen) atoms. The Kier molecular flexibility index (Phi) is 7.66. The number of halogens is 3. The largest absolute Gasteiger partial charge is 0.497 e. The molecule has 6 heteroatoms. The SMILES string of the molecule is CCOc1ccc(C2CCC(COc3ccc(-c4ccc(OC)cc4)c(F)c3F)CC2)cc1F. The molecule has 0 amide bonds. The van der Waals surface area contributed by atoms with Crippen molar-refractivity contribution in [1.82, 2.24) is 0 Å². The Bertz CT molecular complexity index is 1110. The predicted octanol–water partition coefficient (Wildman–Crippen LogP) is 7.53. The highest BCUT2D eigenvalue weighted by Gasteiger charge is 2.24. The minimum absolute atomic E-state index is 0.0783. The lowest BCUT2D eigenvalue weighted by atomic mass is 9.79. The Labute approximate surface area is 198 Å². The summed E-state index contributed by atoms with van der Waals surface area (Å²) in [6.45, 7) is 2.57. The van der Waals surface area contributed by atoms with Crippen molar-refractivity contribution in [3.05, 3.63) is 77.6 Å². The highest BCUT2D eigenvalue weighted by Crippen LogP contribution is 2.38. The molecule has 0 bridgehead atoms. The van der Waals surface area contributed by atoms with Crippen LogP contribution in [0.1, 0.15) is 44.1 Å². The van der Waals surface area contributed by atoms with Gasteiger partial charge in [-0.2, -0.15) is 4.39 Å². The average molecular weight is 471 g/mol. The summed E-state index contributed by atoms with van der Waals surface area (Å²) < 4.78 is 59.7. The second-order valence-electron chi connectivity index (χ2n) is 8.62. The molecule has 0 aromatic heterocycles. The molecular weight excluding hydrogens is 441 g/mol. The Hall–Kier alpha value is -3.15. The van der Waals surface area contributed by atoms with E-state index in [1.54, 1.807) is 43.5 Å². The zero-order chi connectivity index (χ0) is 24.1. The van der Waals surface area contributed by atoms with Crippen molar-refractivity contribution >= 4 is 0 Å². The van der Waals surface area contributed by atoms with Crippen LogP contribution in [0.2, 0.25) is 0 Å². The zero-order valence-corrected chi connectivity index (χ0v) is 19.5. The third-order valence-electron chi connectivity index (χ3n) is 6.50. The maximum atomic E-state index is 14.7. The lowest BCUT2D eigenvalue weighted by Crippen LogP contribution is -2.19. The fraction of sp³-hybridized carbons (Fsp3) is 0.357. The lowest BCUT2D eigenvalue weighted by molar-refractivity contribution is 0.192. The van der Waals surface area contributed by atoms with E-state index in [9.17, 15) is 13.2 Å². The van der Waals surface area contributed by atoms with Crippen LogP contribution in [0.5, 0.6) is 17.2 Å². The number of methoxy groups -OCH3 is 1. The fourth-order valence-electron chi connectivity index (χ4n) is 4.55. The molecule has 0 heterocycles. The molecule has 180 valence electrons. The van der Waals surface area contributed by atoms with Gasteiger partial charge in [-0.3, -0.25) is 0 Å². The van der Waals surface area contributed by atoms with E-state index >= 15 is 0 Å². The van der Waals surface area contributed by atoms with Crippen LogP contribution in [-0.4, -0.2) is 20.3 Å². The number of benzene rings is 3. The van der Waals surface area contributed by atoms with Gasteiger partial charge in [0.05, 0.1) is 20.3 Å². The molecule has 0 saturated heterocycles. The second-order valence-corrected chi connectivity index (χ2v) is 8.62. The van der Waals surface area contributed by atoms with Crippen molar-refractivity contribution in [1.29, 1.82) is 0 Å². The first-order chi connectivity index (χ1) is 16.5. The van der Waals surface area contributed by atoms with E-state index < -0.39 is 11.6 Å². The molecule has 1 fully saturated rings. The van der Waals surface area contributed by atoms with Crippen LogP contribution in [0.3, 0.4) is 0 Å². The first kappa shape index (κ1) is 24.0. The molecule has 0 atom stereocenters. The molecular formula is C28H29F3O3. The summed E-state index contributed by atoms with van der Waals surface area (Å²) in [7, 11) is 1.55. The lowest BCUT2D eigenvalue weighted by Gasteiger charge is -2.29. The van der Waals surface area contributed by atoms with Gasteiger partial charge in [0, 0.05) is 5.56 Å². The molecule has 3 aromatic rings. The van der Waals surface area contributed by atoms with Crippen LogP contribution in [0.25, 0.3) is 11.1 Å². The average Bonchev–Trinajstić information content (AvgIpc) is 2.87. The maximum absolute atomic E-state index is 14.7. The normalized spacial score (nSPS) is 17.9. The molecule has 0 radical (unpaired) electrons. The van der Waals surface area contributed by atoms with Crippen LogP contribution in [0, 0.1) is 23.4 Å². The molecule has 4 rings (SSSR count). The summed E-state index contributed by atoms with van der Waals surface area (Å²) in [6.07, 6.45) is 3.56. The minimum atomic E-state index is -0.980. The van der Waals surface area contributed by atoms with Crippen LogP contribution in [-0.2, 0) is 0 Å². The smallest absolute Gasteiger partial charge is 0.201 e. The molecule has 1 aliphatic rings. The number of ether oxygens (including phenoxy) is 3. The molecule has 0 spiro atoms. The Morgan fingerprint density at radius 2 is 1.50 bits per heavy atom. The number of hydrogen-bond acceptors (Lipinski definition) is 3. The zero-order valence-electron chi connectivity index (χ0n) is 19.5. The van der Waals surface area contributed by atoms with Gasteiger partial charge in [0.2, 0.25) is 5.82 Å². The second kappa shape index (κ2) is 10.9. The van der Waals surface area contributed by atoms with E-state index in [-0.39, 0.29) is 34.7 Å². The highest BCUT2D eigenvalue weighted by atomic mass is 19.2. The van der Waals surface area contributed by atoms with Crippen molar-refractivity contribution in [3.8, 4) is 28.4 Å². The van der Waals surface area contributed by atoms with Gasteiger partial charge in [-0.05, 0) is 92.0 Å². The monoisotopic (exact) mass is 470 g/mol. The molecule has 3 nitrogen and oxygen atoms in total. The number of rotatable bonds is 8. The van der Waals surface area contributed by atoms with E-state index in [2.05, 4.69) is 0 Å². The van der Waals surface area contributed by atoms with Gasteiger partial charge in [-0.25, -0.2) is 8.78 Å². The standard InChI is InChI=1S/C28H29F3O3/c1-3-33-25-14-10-21(16-24(25)29)19-6-4-18(5-7-19)17-34-26-15-13-23(27(30)28(26)31)20-8-11-22(32-2)12-9-20/h8-16,18-19H,3-7,17H2,1-2H3. The third-order valence-corrected chi connectivity index (χ3v) is 6.50. The van der Waals surface area contributed by atoms with E-state index in [1.807, 2.05) is 13.0 Å². The molecule has 0 N–H and O–H groups in total. The Morgan fingerprint density at radius 1 is 0.794 bits per heavy atom. The molecule has 1 saturated carbocycles. The number of hydrogen-bond donors (Lipinski definition) is 0. The first-order valence-electron chi connectivity index (χ1n) is 11.7. The molecule has 0 aliphatic heterocycles. The summed E-state index contributed by atoms with van der Waals surface area (Å²) in [5, 5.41) is 0. The molecule has 1 aliphatic carbocycles. The third kappa shape index (κ3) is 5.32. The topological polar surface area (TPSA) is 27.7 Å². The van der Waals surface area contributed by atoms with E-state index in [4.69, 9.17) is 14.2 Å². The minimum Gasteiger partial charge on any atom is -0.497 e. The van der Waals surface area contributed by atoms with Gasteiger partial charge in [0.25, 0.3) is 0 Å². The van der Waals surface area contributed by atoms with Gasteiger partial charge in [0.1, 0.15) is 5.75 Å². The van der Waals surface area contributed by atoms with Crippen molar-refractivity contribution < 1.29 is 27.4 Å². The van der Waals surface area contributed by atoms with Crippen molar-refractivity contribution in [3.63, 3.8) is 0 Å². The maximum Gasteiger partial charge on any atom is 0.201 e. The van der Waals surface area contributed by atoms with Crippen LogP contribution >= 0.6 is 0 Å². The Balaban J connectivity index is 1.34. The summed E-state index contributed by atoms with van der Waals surface area (Å²) in [6, 6.07) is 15.0. The highest BCUT2D eigenvalue weighted by molar-refractivity contribution is 5.66. The fourth-order valence-corrected chi connectivity index (χ4v) is 4.55. The van der Waals surface area contributed by atoms with Gasteiger partial charge >= 0.3 is 0 Å². The first-order valence-corrected chi connectivity index (χ1v) is 11.7. The molecule has 0 unspecified atom stereocenters. The van der Waals surface area contributed by atoms with E-state index in [0.29, 0.717) is 24.5 Å². The van der Waals surface area contributed by atoms with Gasteiger partial charge in [0.15, 0.2) is 23.1 Å². The quantitative estimate of drug-likeness (QED) is 0.341. The van der Waals surface area contributed by atoms with Gasteiger partial charge < -0.3 is 14.2 Å². The Morgan fingerprint density at radius 3 is 2.15 bits per heavy atom. The summed E-state index contributed by atoms with van der Waals surface area (Å²) >= 11 is 0. The van der Waals surface area contributed by atoms with Crippen molar-refractivity contribution in [2.75, 3.05) is 20.3 Å². The summed E-state index contributed by atoms with van der Waals surface area (Å²) in [5.74, 6) is -0.874. The van der Waals surface area contributed by atoms with Crippen LogP contribution in [0.15, 0.2) is 54.6 Å². The van der Waals surface area contributed by atoms with E-state index in [0.717, 1.165) is 31.2 Å². The summed E-state index contributed by atoms with van der Waals surface area (Å²) in [5.41, 5.74) is 1.71. The van der Waals surface area contributed by atoms with E-state index in [1.165, 1.54) is 12.1 Å². The van der Waals surface area contributed by atoms with Crippen LogP contribution < -0.4 is 14.2 Å². The predicted molar refractivity (Wildman–Crippen MR) is 126 cm³/mol. The molecule has 3 aromatic carbocycles. The van der Waals surface area contributed by atoms with Crippen molar-refractivity contribution in [2.45, 2.75) is 38.5 Å².